The number of nitrogens with two attached hydrogens (primary N) is 1. The normalized spacial score (nSPS) is 9.18. The zero-order chi connectivity index (χ0) is 21.3. The zero-order valence-corrected chi connectivity index (χ0v) is 17.6. The molecule has 0 spiro atoms. The number of alkyl halides is 2. The van der Waals surface area contributed by atoms with E-state index in [1.54, 1.807) is 6.07 Å². The Morgan fingerprint density at radius 3 is 1.11 bits per heavy atom. The summed E-state index contributed by atoms with van der Waals surface area (Å²) in [6.07, 6.45) is 0. The number of nitrogens with zero attached hydrogens (tertiary/aromatic N) is 1. The summed E-state index contributed by atoms with van der Waals surface area (Å²) in [5.41, 5.74) is 9.53. The molecular weight excluding hydrogens is 391 g/mol. The van der Waals surface area contributed by atoms with Crippen molar-refractivity contribution in [2.24, 2.45) is 5.73 Å². The van der Waals surface area contributed by atoms with Gasteiger partial charge in [0.2, 0.25) is 0 Å². The molecule has 0 bridgehead atoms. The van der Waals surface area contributed by atoms with Crippen LogP contribution in [0.15, 0.2) is 91.0 Å². The van der Waals surface area contributed by atoms with Crippen LogP contribution in [-0.4, -0.2) is 17.6 Å². The van der Waals surface area contributed by atoms with Gasteiger partial charge in [-0.2, -0.15) is 5.26 Å². The fourth-order valence-corrected chi connectivity index (χ4v) is 2.60. The lowest BCUT2D eigenvalue weighted by Crippen LogP contribution is -2.39. The van der Waals surface area contributed by atoms with Crippen LogP contribution in [-0.2, 0) is 5.54 Å². The maximum atomic E-state index is 7.32. The summed E-state index contributed by atoms with van der Waals surface area (Å²) in [4.78, 5) is 0. The second kappa shape index (κ2) is 15.7. The van der Waals surface area contributed by atoms with E-state index < -0.39 is 5.54 Å². The van der Waals surface area contributed by atoms with E-state index in [4.69, 9.17) is 39.3 Å². The molecule has 0 saturated heterocycles. The molecular formula is C23H26Cl2N2O. The van der Waals surface area contributed by atoms with Crippen molar-refractivity contribution in [3.05, 3.63) is 108 Å². The second-order valence-electron chi connectivity index (χ2n) is 5.23. The Hall–Kier alpha value is -2.35. The summed E-state index contributed by atoms with van der Waals surface area (Å²) in [6.45, 7) is 1.43. The molecule has 0 saturated carbocycles. The molecule has 0 amide bonds. The first kappa shape index (κ1) is 25.7. The standard InChI is InChI=1S/C19H17N.C2H3N.CH2Cl2.CH4O/c20-19(16-10-4-1-5-11-16,17-12-6-2-7-13-17)18-14-8-3-9-15-18;1-2-3;2-1-3;1-2/h1-15H,20H2;1H3;1H2;2H,1H3. The Kier molecular flexibility index (Phi) is 14.4. The van der Waals surface area contributed by atoms with Gasteiger partial charge < -0.3 is 10.8 Å². The first-order valence-electron chi connectivity index (χ1n) is 8.48. The summed E-state index contributed by atoms with van der Waals surface area (Å²) < 4.78 is 0. The van der Waals surface area contributed by atoms with Crippen LogP contribution in [0, 0.1) is 11.3 Å². The van der Waals surface area contributed by atoms with E-state index in [0.717, 1.165) is 23.8 Å². The minimum absolute atomic E-state index is 0.194. The predicted molar refractivity (Wildman–Crippen MR) is 119 cm³/mol. The highest BCUT2D eigenvalue weighted by atomic mass is 35.5. The van der Waals surface area contributed by atoms with Gasteiger partial charge in [0.15, 0.2) is 0 Å². The second-order valence-corrected chi connectivity index (χ2v) is 6.04. The molecule has 3 N–H and O–H groups in total. The van der Waals surface area contributed by atoms with Crippen molar-refractivity contribution in [3.8, 4) is 6.07 Å². The van der Waals surface area contributed by atoms with E-state index in [0.29, 0.717) is 0 Å². The Morgan fingerprint density at radius 2 is 0.929 bits per heavy atom. The van der Waals surface area contributed by atoms with Crippen molar-refractivity contribution in [2.45, 2.75) is 12.5 Å². The molecule has 0 aliphatic rings. The summed E-state index contributed by atoms with van der Waals surface area (Å²) in [5.74, 6) is 0. The number of halogens is 2. The van der Waals surface area contributed by atoms with Gasteiger partial charge >= 0.3 is 0 Å². The minimum atomic E-state index is -0.621. The molecule has 0 aromatic heterocycles. The summed E-state index contributed by atoms with van der Waals surface area (Å²) >= 11 is 9.53. The largest absolute Gasteiger partial charge is 0.400 e. The van der Waals surface area contributed by atoms with Crippen LogP contribution in [0.5, 0.6) is 0 Å². The molecule has 3 rings (SSSR count). The molecule has 0 radical (unpaired) electrons. The van der Waals surface area contributed by atoms with E-state index in [2.05, 4.69) is 36.4 Å². The molecule has 148 valence electrons. The van der Waals surface area contributed by atoms with E-state index in [1.807, 2.05) is 54.6 Å². The molecule has 3 aromatic rings. The maximum Gasteiger partial charge on any atom is 0.0967 e. The topological polar surface area (TPSA) is 70.0 Å². The minimum Gasteiger partial charge on any atom is -0.400 e. The number of aliphatic hydroxyl groups excluding tert-OH is 1. The third kappa shape index (κ3) is 7.72. The lowest BCUT2D eigenvalue weighted by Gasteiger charge is -2.31. The molecule has 0 heterocycles. The Balaban J connectivity index is 0.000000796. The predicted octanol–water partition coefficient (Wildman–Crippen LogP) is 5.50. The van der Waals surface area contributed by atoms with E-state index >= 15 is 0 Å². The third-order valence-corrected chi connectivity index (χ3v) is 3.69. The molecule has 0 fully saturated rings. The van der Waals surface area contributed by atoms with Gasteiger partial charge in [-0.1, -0.05) is 91.0 Å². The van der Waals surface area contributed by atoms with Gasteiger partial charge in [0.25, 0.3) is 0 Å². The fourth-order valence-electron chi connectivity index (χ4n) is 2.60. The molecule has 3 nitrogen and oxygen atoms in total. The fraction of sp³-hybridized carbons (Fsp3) is 0.174. The molecule has 0 atom stereocenters. The van der Waals surface area contributed by atoms with Crippen LogP contribution in [0.1, 0.15) is 23.6 Å². The van der Waals surface area contributed by atoms with Crippen LogP contribution in [0.2, 0.25) is 0 Å². The summed E-state index contributed by atoms with van der Waals surface area (Å²) in [5, 5.41) is 14.5. The lowest BCUT2D eigenvalue weighted by atomic mass is 9.78. The van der Waals surface area contributed by atoms with Gasteiger partial charge in [0, 0.05) is 14.0 Å². The highest BCUT2D eigenvalue weighted by Crippen LogP contribution is 2.33. The Bertz CT molecular complexity index is 679. The van der Waals surface area contributed by atoms with Crippen molar-refractivity contribution < 1.29 is 5.11 Å². The Morgan fingerprint density at radius 1 is 0.750 bits per heavy atom. The van der Waals surface area contributed by atoms with Gasteiger partial charge in [-0.05, 0) is 16.7 Å². The van der Waals surface area contributed by atoms with Gasteiger partial charge in [0.1, 0.15) is 0 Å². The molecule has 28 heavy (non-hydrogen) atoms. The van der Waals surface area contributed by atoms with Crippen molar-refractivity contribution in [1.29, 1.82) is 5.26 Å². The number of nitriles is 1. The van der Waals surface area contributed by atoms with Crippen LogP contribution in [0.3, 0.4) is 0 Å². The molecule has 0 aliphatic carbocycles. The maximum absolute atomic E-state index is 7.32. The van der Waals surface area contributed by atoms with Gasteiger partial charge in [-0.15, -0.1) is 23.2 Å². The monoisotopic (exact) mass is 416 g/mol. The molecule has 0 aliphatic heterocycles. The van der Waals surface area contributed by atoms with Crippen LogP contribution in [0.4, 0.5) is 0 Å². The van der Waals surface area contributed by atoms with Crippen LogP contribution in [0.25, 0.3) is 0 Å². The van der Waals surface area contributed by atoms with Crippen LogP contribution >= 0.6 is 23.2 Å². The average Bonchev–Trinajstić information content (AvgIpc) is 2.77. The van der Waals surface area contributed by atoms with Crippen molar-refractivity contribution in [3.63, 3.8) is 0 Å². The van der Waals surface area contributed by atoms with E-state index in [-0.39, 0.29) is 5.34 Å². The molecule has 3 aromatic carbocycles. The lowest BCUT2D eigenvalue weighted by molar-refractivity contribution is 0.399. The highest BCUT2D eigenvalue weighted by Gasteiger charge is 2.31. The summed E-state index contributed by atoms with van der Waals surface area (Å²) in [6, 6.07) is 32.5. The molecule has 5 heteroatoms. The van der Waals surface area contributed by atoms with E-state index in [9.17, 15) is 0 Å². The number of aliphatic hydroxyl groups is 1. The smallest absolute Gasteiger partial charge is 0.0967 e. The number of hydrogen-bond donors (Lipinski definition) is 2. The quantitative estimate of drug-likeness (QED) is 0.437. The number of rotatable bonds is 3. The first-order chi connectivity index (χ1) is 13.6. The number of benzene rings is 3. The van der Waals surface area contributed by atoms with Gasteiger partial charge in [-0.25, -0.2) is 0 Å². The number of hydrogen-bond acceptors (Lipinski definition) is 3. The van der Waals surface area contributed by atoms with Gasteiger partial charge in [0.05, 0.1) is 16.9 Å². The van der Waals surface area contributed by atoms with Crippen molar-refractivity contribution in [1.82, 2.24) is 0 Å². The first-order valence-corrected chi connectivity index (χ1v) is 9.55. The van der Waals surface area contributed by atoms with Crippen LogP contribution < -0.4 is 5.73 Å². The SMILES string of the molecule is CC#N.CO.ClCCl.NC(c1ccccc1)(c1ccccc1)c1ccccc1. The third-order valence-electron chi connectivity index (χ3n) is 3.69. The Labute approximate surface area is 178 Å². The van der Waals surface area contributed by atoms with Gasteiger partial charge in [-0.3, -0.25) is 0 Å². The zero-order valence-electron chi connectivity index (χ0n) is 16.1. The van der Waals surface area contributed by atoms with Crippen molar-refractivity contribution >= 4 is 23.2 Å². The average molecular weight is 417 g/mol. The van der Waals surface area contributed by atoms with E-state index in [1.165, 1.54) is 6.92 Å². The highest BCUT2D eigenvalue weighted by molar-refractivity contribution is 6.40. The molecule has 0 unspecified atom stereocenters. The van der Waals surface area contributed by atoms with Crippen molar-refractivity contribution in [2.75, 3.05) is 12.4 Å². The summed E-state index contributed by atoms with van der Waals surface area (Å²) in [7, 11) is 1.00.